The number of rotatable bonds is 8. The summed E-state index contributed by atoms with van der Waals surface area (Å²) in [5, 5.41) is 8.54. The molecule has 1 aliphatic carbocycles. The van der Waals surface area contributed by atoms with E-state index in [1.165, 1.54) is 25.7 Å². The lowest BCUT2D eigenvalue weighted by atomic mass is 10.2. The zero-order valence-electron chi connectivity index (χ0n) is 13.0. The summed E-state index contributed by atoms with van der Waals surface area (Å²) in [7, 11) is 0. The first-order valence-electron chi connectivity index (χ1n) is 8.20. The normalized spacial score (nSPS) is 21.5. The minimum absolute atomic E-state index is 0.206. The highest BCUT2D eigenvalue weighted by Crippen LogP contribution is 2.29. The van der Waals surface area contributed by atoms with Gasteiger partial charge in [0.25, 0.3) is 0 Å². The summed E-state index contributed by atoms with van der Waals surface area (Å²) < 4.78 is 0. The van der Waals surface area contributed by atoms with E-state index >= 15 is 0 Å². The van der Waals surface area contributed by atoms with E-state index in [4.69, 9.17) is 0 Å². The van der Waals surface area contributed by atoms with Gasteiger partial charge in [-0.1, -0.05) is 6.92 Å². The number of hydrogen-bond donors (Lipinski definition) is 3. The maximum atomic E-state index is 12.0. The van der Waals surface area contributed by atoms with Gasteiger partial charge in [-0.25, -0.2) is 4.79 Å². The van der Waals surface area contributed by atoms with E-state index in [0.29, 0.717) is 19.1 Å². The Hall–Kier alpha value is -1.14. The van der Waals surface area contributed by atoms with Crippen LogP contribution in [0.5, 0.6) is 0 Å². The average Bonchev–Trinajstić information content (AvgIpc) is 3.10. The van der Waals surface area contributed by atoms with Crippen molar-refractivity contribution >= 4 is 11.9 Å². The summed E-state index contributed by atoms with van der Waals surface area (Å²) in [4.78, 5) is 25.7. The summed E-state index contributed by atoms with van der Waals surface area (Å²) >= 11 is 0. The topological polar surface area (TPSA) is 73.5 Å². The highest BCUT2D eigenvalue weighted by molar-refractivity contribution is 5.95. The van der Waals surface area contributed by atoms with Crippen LogP contribution >= 0.6 is 0 Å². The van der Waals surface area contributed by atoms with E-state index in [-0.39, 0.29) is 11.9 Å². The second-order valence-electron chi connectivity index (χ2n) is 6.23. The van der Waals surface area contributed by atoms with Gasteiger partial charge >= 0.3 is 6.03 Å². The van der Waals surface area contributed by atoms with E-state index in [1.807, 2.05) is 6.92 Å². The van der Waals surface area contributed by atoms with Crippen molar-refractivity contribution in [3.8, 4) is 0 Å². The largest absolute Gasteiger partial charge is 0.338 e. The smallest absolute Gasteiger partial charge is 0.321 e. The Morgan fingerprint density at radius 1 is 1.24 bits per heavy atom. The molecule has 2 rings (SSSR count). The molecule has 6 heteroatoms. The van der Waals surface area contributed by atoms with Crippen LogP contribution < -0.4 is 16.0 Å². The maximum Gasteiger partial charge on any atom is 0.321 e. The predicted octanol–water partition coefficient (Wildman–Crippen LogP) is 0.686. The van der Waals surface area contributed by atoms with Crippen molar-refractivity contribution < 1.29 is 9.59 Å². The number of hydrogen-bond acceptors (Lipinski definition) is 4. The molecule has 21 heavy (non-hydrogen) atoms. The van der Waals surface area contributed by atoms with E-state index in [9.17, 15) is 9.59 Å². The van der Waals surface area contributed by atoms with Crippen LogP contribution in [0.25, 0.3) is 0 Å². The molecule has 0 radical (unpaired) electrons. The molecule has 0 aromatic carbocycles. The molecule has 3 amide bonds. The predicted molar refractivity (Wildman–Crippen MR) is 82.0 cm³/mol. The zero-order valence-corrected chi connectivity index (χ0v) is 13.0. The molecule has 1 atom stereocenters. The van der Waals surface area contributed by atoms with Crippen molar-refractivity contribution in [2.24, 2.45) is 5.92 Å². The lowest BCUT2D eigenvalue weighted by molar-refractivity contribution is -0.121. The summed E-state index contributed by atoms with van der Waals surface area (Å²) in [6.45, 7) is 5.84. The zero-order chi connectivity index (χ0) is 15.1. The van der Waals surface area contributed by atoms with Gasteiger partial charge < -0.3 is 10.6 Å². The van der Waals surface area contributed by atoms with Crippen LogP contribution in [0.2, 0.25) is 0 Å². The van der Waals surface area contributed by atoms with Gasteiger partial charge in [0.2, 0.25) is 5.91 Å². The van der Waals surface area contributed by atoms with Crippen LogP contribution in [0.1, 0.15) is 39.0 Å². The van der Waals surface area contributed by atoms with Crippen LogP contribution in [0.15, 0.2) is 0 Å². The van der Waals surface area contributed by atoms with E-state index in [0.717, 1.165) is 32.0 Å². The number of amides is 3. The van der Waals surface area contributed by atoms with Gasteiger partial charge in [0, 0.05) is 25.7 Å². The Balaban J connectivity index is 1.73. The van der Waals surface area contributed by atoms with Crippen molar-refractivity contribution in [1.29, 1.82) is 0 Å². The third kappa shape index (κ3) is 6.44. The molecule has 6 nitrogen and oxygen atoms in total. The summed E-state index contributed by atoms with van der Waals surface area (Å²) in [6.07, 6.45) is 5.80. The first kappa shape index (κ1) is 16.2. The molecule has 2 aliphatic rings. The Morgan fingerprint density at radius 3 is 2.67 bits per heavy atom. The Bertz CT molecular complexity index is 352. The number of imide groups is 1. The lowest BCUT2D eigenvalue weighted by Crippen LogP contribution is -2.47. The van der Waals surface area contributed by atoms with E-state index < -0.39 is 0 Å². The highest BCUT2D eigenvalue weighted by Gasteiger charge is 2.27. The molecule has 0 aromatic heterocycles. The van der Waals surface area contributed by atoms with Crippen LogP contribution in [0.3, 0.4) is 0 Å². The summed E-state index contributed by atoms with van der Waals surface area (Å²) in [5.41, 5.74) is 0. The molecule has 1 saturated heterocycles. The molecule has 1 unspecified atom stereocenters. The van der Waals surface area contributed by atoms with Gasteiger partial charge in [-0.2, -0.15) is 0 Å². The number of urea groups is 1. The number of nitrogens with zero attached hydrogens (tertiary/aromatic N) is 1. The number of carbonyl (C=O) groups excluding carboxylic acids is 2. The monoisotopic (exact) mass is 296 g/mol. The van der Waals surface area contributed by atoms with Crippen molar-refractivity contribution in [1.82, 2.24) is 20.9 Å². The second kappa shape index (κ2) is 8.34. The van der Waals surface area contributed by atoms with Crippen LogP contribution in [-0.2, 0) is 4.79 Å². The summed E-state index contributed by atoms with van der Waals surface area (Å²) in [5.74, 6) is 0.537. The molecule has 0 spiro atoms. The van der Waals surface area contributed by atoms with E-state index in [2.05, 4.69) is 20.9 Å². The number of nitrogens with one attached hydrogen (secondary N) is 3. The first-order valence-corrected chi connectivity index (χ1v) is 8.20. The Morgan fingerprint density at radius 2 is 2.05 bits per heavy atom. The molecule has 0 bridgehead atoms. The molecule has 3 N–H and O–H groups in total. The Kier molecular flexibility index (Phi) is 6.45. The third-order valence-electron chi connectivity index (χ3n) is 4.01. The quantitative estimate of drug-likeness (QED) is 0.616. The molecule has 0 aromatic rings. The van der Waals surface area contributed by atoms with Gasteiger partial charge in [0.15, 0.2) is 0 Å². The minimum Gasteiger partial charge on any atom is -0.338 e. The van der Waals surface area contributed by atoms with Crippen molar-refractivity contribution in [2.75, 3.05) is 32.7 Å². The SMILES string of the molecule is CCCNC(=O)NC(=O)CN(CC1CC1)CC1CCCN1. The fourth-order valence-electron chi connectivity index (χ4n) is 2.75. The molecule has 1 saturated carbocycles. The van der Waals surface area contributed by atoms with Crippen LogP contribution in [0, 0.1) is 5.92 Å². The molecular weight excluding hydrogens is 268 g/mol. The Labute approximate surface area is 127 Å². The van der Waals surface area contributed by atoms with Gasteiger partial charge in [0.05, 0.1) is 6.54 Å². The standard InChI is InChI=1S/C15H28N4O2/c1-2-7-17-15(21)18-14(20)11-19(9-12-5-6-12)10-13-4-3-8-16-13/h12-13,16H,2-11H2,1H3,(H2,17,18,20,21). The fraction of sp³-hybridized carbons (Fsp3) is 0.867. The highest BCUT2D eigenvalue weighted by atomic mass is 16.2. The maximum absolute atomic E-state index is 12.0. The van der Waals surface area contributed by atoms with Gasteiger partial charge in [-0.15, -0.1) is 0 Å². The van der Waals surface area contributed by atoms with Crippen molar-refractivity contribution in [3.05, 3.63) is 0 Å². The average molecular weight is 296 g/mol. The summed E-state index contributed by atoms with van der Waals surface area (Å²) in [6, 6.07) is 0.109. The number of carbonyl (C=O) groups is 2. The molecule has 2 fully saturated rings. The third-order valence-corrected chi connectivity index (χ3v) is 4.01. The van der Waals surface area contributed by atoms with E-state index in [1.54, 1.807) is 0 Å². The molecular formula is C15H28N4O2. The second-order valence-corrected chi connectivity index (χ2v) is 6.23. The molecule has 1 heterocycles. The van der Waals surface area contributed by atoms with Crippen molar-refractivity contribution in [2.45, 2.75) is 45.1 Å². The van der Waals surface area contributed by atoms with Gasteiger partial charge in [0.1, 0.15) is 0 Å². The lowest BCUT2D eigenvalue weighted by Gasteiger charge is -2.25. The van der Waals surface area contributed by atoms with Crippen LogP contribution in [-0.4, -0.2) is 55.6 Å². The van der Waals surface area contributed by atoms with Gasteiger partial charge in [-0.05, 0) is 44.6 Å². The first-order chi connectivity index (χ1) is 10.2. The van der Waals surface area contributed by atoms with Crippen LogP contribution in [0.4, 0.5) is 4.79 Å². The fourth-order valence-corrected chi connectivity index (χ4v) is 2.75. The molecule has 120 valence electrons. The minimum atomic E-state index is -0.382. The van der Waals surface area contributed by atoms with Crippen molar-refractivity contribution in [3.63, 3.8) is 0 Å². The van der Waals surface area contributed by atoms with Gasteiger partial charge in [-0.3, -0.25) is 15.0 Å². The molecule has 1 aliphatic heterocycles.